The van der Waals surface area contributed by atoms with E-state index < -0.39 is 0 Å². The van der Waals surface area contributed by atoms with Crippen LogP contribution in [0.1, 0.15) is 25.6 Å². The summed E-state index contributed by atoms with van der Waals surface area (Å²) in [6, 6.07) is 11.0. The zero-order valence-corrected chi connectivity index (χ0v) is 12.7. The lowest BCUT2D eigenvalue weighted by molar-refractivity contribution is 0.525. The van der Waals surface area contributed by atoms with Crippen LogP contribution in [0.3, 0.4) is 0 Å². The average Bonchev–Trinajstić information content (AvgIpc) is 2.88. The number of anilines is 2. The summed E-state index contributed by atoms with van der Waals surface area (Å²) in [6.07, 6.45) is 2.06. The van der Waals surface area contributed by atoms with Gasteiger partial charge in [-0.3, -0.25) is 4.68 Å². The maximum absolute atomic E-state index is 4.63. The largest absolute Gasteiger partial charge is 0.382 e. The first kappa shape index (κ1) is 14.7. The van der Waals surface area contributed by atoms with Gasteiger partial charge in [0.05, 0.1) is 23.6 Å². The van der Waals surface area contributed by atoms with Crippen LogP contribution in [0.2, 0.25) is 0 Å². The number of nitrogens with one attached hydrogen (secondary N) is 1. The molecule has 1 aliphatic heterocycles. The summed E-state index contributed by atoms with van der Waals surface area (Å²) in [5.74, 6) is 0. The van der Waals surface area contributed by atoms with Gasteiger partial charge in [0.1, 0.15) is 0 Å². The molecule has 5 heteroatoms. The number of hydrogen-bond donors (Lipinski definition) is 1. The Balaban J connectivity index is 0.00000147. The van der Waals surface area contributed by atoms with Gasteiger partial charge in [-0.25, -0.2) is 0 Å². The highest BCUT2D eigenvalue weighted by atomic mass is 35.5. The SMILES string of the molecule is CC(C)n1ccc(CN2CCNc3ccccc32)n1.Cl. The van der Waals surface area contributed by atoms with Gasteiger partial charge in [-0.15, -0.1) is 12.4 Å². The molecule has 0 aliphatic carbocycles. The van der Waals surface area contributed by atoms with Crippen LogP contribution in [0, 0.1) is 0 Å². The van der Waals surface area contributed by atoms with Crippen LogP contribution in [0.25, 0.3) is 0 Å². The normalized spacial score (nSPS) is 13.7. The maximum atomic E-state index is 4.63. The predicted molar refractivity (Wildman–Crippen MR) is 85.8 cm³/mol. The molecule has 4 nitrogen and oxygen atoms in total. The molecule has 1 aromatic heterocycles. The van der Waals surface area contributed by atoms with Gasteiger partial charge in [-0.1, -0.05) is 12.1 Å². The lowest BCUT2D eigenvalue weighted by atomic mass is 10.2. The minimum Gasteiger partial charge on any atom is -0.382 e. The second-order valence-corrected chi connectivity index (χ2v) is 5.25. The quantitative estimate of drug-likeness (QED) is 0.942. The van der Waals surface area contributed by atoms with Crippen LogP contribution in [0.15, 0.2) is 36.5 Å². The molecule has 0 spiro atoms. The highest BCUT2D eigenvalue weighted by Gasteiger charge is 2.16. The minimum absolute atomic E-state index is 0. The molecule has 0 amide bonds. The van der Waals surface area contributed by atoms with Crippen LogP contribution >= 0.6 is 12.4 Å². The molecule has 3 rings (SSSR count). The first-order valence-corrected chi connectivity index (χ1v) is 6.86. The molecule has 0 unspecified atom stereocenters. The first-order valence-electron chi connectivity index (χ1n) is 6.86. The fraction of sp³-hybridized carbons (Fsp3) is 0.400. The number of benzene rings is 1. The summed E-state index contributed by atoms with van der Waals surface area (Å²) in [5, 5.41) is 8.07. The van der Waals surface area contributed by atoms with E-state index in [0.29, 0.717) is 6.04 Å². The van der Waals surface area contributed by atoms with Gasteiger partial charge in [-0.2, -0.15) is 5.10 Å². The van der Waals surface area contributed by atoms with Crippen LogP contribution in [0.5, 0.6) is 0 Å². The molecule has 2 heterocycles. The number of nitrogens with zero attached hydrogens (tertiary/aromatic N) is 3. The molecule has 1 aromatic carbocycles. The third-order valence-corrected chi connectivity index (χ3v) is 3.49. The molecule has 108 valence electrons. The molecular formula is C15H21ClN4. The molecule has 0 atom stereocenters. The summed E-state index contributed by atoms with van der Waals surface area (Å²) >= 11 is 0. The fourth-order valence-electron chi connectivity index (χ4n) is 2.45. The number of aromatic nitrogens is 2. The topological polar surface area (TPSA) is 33.1 Å². The zero-order chi connectivity index (χ0) is 13.2. The zero-order valence-electron chi connectivity index (χ0n) is 11.9. The van der Waals surface area contributed by atoms with Crippen LogP contribution in [0.4, 0.5) is 11.4 Å². The molecule has 0 saturated carbocycles. The van der Waals surface area contributed by atoms with Crippen LogP contribution in [-0.4, -0.2) is 22.9 Å². The third-order valence-electron chi connectivity index (χ3n) is 3.49. The Kier molecular flexibility index (Phi) is 4.55. The van der Waals surface area contributed by atoms with E-state index in [0.717, 1.165) is 25.3 Å². The van der Waals surface area contributed by atoms with Crippen LogP contribution < -0.4 is 10.2 Å². The van der Waals surface area contributed by atoms with Gasteiger partial charge < -0.3 is 10.2 Å². The van der Waals surface area contributed by atoms with Crippen molar-refractivity contribution in [2.24, 2.45) is 0 Å². The van der Waals surface area contributed by atoms with E-state index in [1.54, 1.807) is 0 Å². The first-order chi connectivity index (χ1) is 9.24. The summed E-state index contributed by atoms with van der Waals surface area (Å²) in [5.41, 5.74) is 3.62. The molecule has 0 fully saturated rings. The van der Waals surface area contributed by atoms with E-state index in [2.05, 4.69) is 65.7 Å². The van der Waals surface area contributed by atoms with E-state index in [9.17, 15) is 0 Å². The van der Waals surface area contributed by atoms with Gasteiger partial charge in [0.25, 0.3) is 0 Å². The standard InChI is InChI=1S/C15H20N4.ClH/c1-12(2)19-9-7-13(17-19)11-18-10-8-16-14-5-3-4-6-15(14)18;/h3-7,9,12,16H,8,10-11H2,1-2H3;1H. The van der Waals surface area contributed by atoms with Gasteiger partial charge >= 0.3 is 0 Å². The molecule has 1 aliphatic rings. The maximum Gasteiger partial charge on any atom is 0.0817 e. The van der Waals surface area contributed by atoms with Crippen molar-refractivity contribution in [3.63, 3.8) is 0 Å². The van der Waals surface area contributed by atoms with Crippen molar-refractivity contribution in [1.29, 1.82) is 0 Å². The van der Waals surface area contributed by atoms with Crippen molar-refractivity contribution in [2.45, 2.75) is 26.4 Å². The second kappa shape index (κ2) is 6.18. The minimum atomic E-state index is 0. The Bertz CT molecular complexity index is 565. The van der Waals surface area contributed by atoms with E-state index in [-0.39, 0.29) is 12.4 Å². The van der Waals surface area contributed by atoms with Crippen molar-refractivity contribution in [1.82, 2.24) is 9.78 Å². The molecular weight excluding hydrogens is 272 g/mol. The lowest BCUT2D eigenvalue weighted by Crippen LogP contribution is -2.33. The molecule has 0 bridgehead atoms. The van der Waals surface area contributed by atoms with E-state index >= 15 is 0 Å². The highest BCUT2D eigenvalue weighted by molar-refractivity contribution is 5.85. The lowest BCUT2D eigenvalue weighted by Gasteiger charge is -2.31. The van der Waals surface area contributed by atoms with Crippen molar-refractivity contribution in [3.05, 3.63) is 42.2 Å². The summed E-state index contributed by atoms with van der Waals surface area (Å²) < 4.78 is 2.02. The Hall–Kier alpha value is -1.68. The molecule has 0 radical (unpaired) electrons. The number of hydrogen-bond acceptors (Lipinski definition) is 3. The van der Waals surface area contributed by atoms with E-state index in [1.807, 2.05) is 4.68 Å². The van der Waals surface area contributed by atoms with E-state index in [4.69, 9.17) is 0 Å². The number of rotatable bonds is 3. The highest BCUT2D eigenvalue weighted by Crippen LogP contribution is 2.29. The molecule has 2 aromatic rings. The van der Waals surface area contributed by atoms with Crippen LogP contribution in [-0.2, 0) is 6.54 Å². The Morgan fingerprint density at radius 3 is 2.80 bits per heavy atom. The van der Waals surface area contributed by atoms with Gasteiger partial charge in [0, 0.05) is 25.3 Å². The third kappa shape index (κ3) is 2.90. The van der Waals surface area contributed by atoms with Gasteiger partial charge in [-0.05, 0) is 32.0 Å². The smallest absolute Gasteiger partial charge is 0.0817 e. The number of para-hydroxylation sites is 2. The summed E-state index contributed by atoms with van der Waals surface area (Å²) in [6.45, 7) is 7.18. The van der Waals surface area contributed by atoms with Gasteiger partial charge in [0.2, 0.25) is 0 Å². The van der Waals surface area contributed by atoms with Crippen molar-refractivity contribution in [3.8, 4) is 0 Å². The number of fused-ring (bicyclic) bond motifs is 1. The van der Waals surface area contributed by atoms with Crippen molar-refractivity contribution < 1.29 is 0 Å². The predicted octanol–water partition coefficient (Wildman–Crippen LogP) is 3.32. The Morgan fingerprint density at radius 2 is 2.05 bits per heavy atom. The number of halogens is 1. The summed E-state index contributed by atoms with van der Waals surface area (Å²) in [4.78, 5) is 2.39. The monoisotopic (exact) mass is 292 g/mol. The van der Waals surface area contributed by atoms with Crippen molar-refractivity contribution in [2.75, 3.05) is 23.3 Å². The Labute approximate surface area is 126 Å². The van der Waals surface area contributed by atoms with Crippen molar-refractivity contribution >= 4 is 23.8 Å². The molecule has 20 heavy (non-hydrogen) atoms. The average molecular weight is 293 g/mol. The molecule has 1 N–H and O–H groups in total. The fourth-order valence-corrected chi connectivity index (χ4v) is 2.45. The van der Waals surface area contributed by atoms with Gasteiger partial charge in [0.15, 0.2) is 0 Å². The Morgan fingerprint density at radius 1 is 1.25 bits per heavy atom. The second-order valence-electron chi connectivity index (χ2n) is 5.25. The summed E-state index contributed by atoms with van der Waals surface area (Å²) in [7, 11) is 0. The molecule has 0 saturated heterocycles. The van der Waals surface area contributed by atoms with E-state index in [1.165, 1.54) is 11.4 Å².